The molecule has 0 aliphatic carbocycles. The lowest BCUT2D eigenvalue weighted by Crippen LogP contribution is -2.29. The Hall–Kier alpha value is -2.72. The molecule has 0 bridgehead atoms. The minimum Gasteiger partial charge on any atom is -0.270 e. The monoisotopic (exact) mass is 336 g/mol. The molecule has 5 heteroatoms. The second kappa shape index (κ2) is 5.42. The van der Waals surface area contributed by atoms with E-state index < -0.39 is 0 Å². The van der Waals surface area contributed by atoms with Crippen LogP contribution >= 0.6 is 11.6 Å². The predicted octanol–water partition coefficient (Wildman–Crippen LogP) is 3.99. The van der Waals surface area contributed by atoms with Gasteiger partial charge in [-0.05, 0) is 24.6 Å². The van der Waals surface area contributed by atoms with E-state index >= 15 is 0 Å². The maximum Gasteiger partial charge on any atom is 0.263 e. The van der Waals surface area contributed by atoms with Gasteiger partial charge in [0, 0.05) is 10.4 Å². The lowest BCUT2D eigenvalue weighted by molar-refractivity contribution is 0.0643. The van der Waals surface area contributed by atoms with Crippen LogP contribution in [-0.4, -0.2) is 21.7 Å². The topological polar surface area (TPSA) is 50.3 Å². The van der Waals surface area contributed by atoms with E-state index in [9.17, 15) is 9.59 Å². The molecule has 0 unspecified atom stereocenters. The summed E-state index contributed by atoms with van der Waals surface area (Å²) < 4.78 is 0. The van der Waals surface area contributed by atoms with Gasteiger partial charge in [0.05, 0.1) is 28.9 Å². The number of pyridine rings is 1. The molecule has 0 atom stereocenters. The smallest absolute Gasteiger partial charge is 0.263 e. The number of aryl methyl sites for hydroxylation is 1. The number of amides is 2. The molecule has 0 saturated carbocycles. The number of halogens is 1. The van der Waals surface area contributed by atoms with E-state index in [1.54, 1.807) is 13.0 Å². The van der Waals surface area contributed by atoms with E-state index in [1.165, 1.54) is 4.90 Å². The largest absolute Gasteiger partial charge is 0.270 e. The number of fused-ring (bicyclic) bond motifs is 3. The van der Waals surface area contributed by atoms with Gasteiger partial charge in [0.25, 0.3) is 11.8 Å². The number of aromatic nitrogens is 1. The zero-order chi connectivity index (χ0) is 16.8. The van der Waals surface area contributed by atoms with Crippen molar-refractivity contribution in [1.29, 1.82) is 0 Å². The number of carbonyl (C=O) groups is 2. The van der Waals surface area contributed by atoms with Crippen molar-refractivity contribution in [3.63, 3.8) is 0 Å². The lowest BCUT2D eigenvalue weighted by Gasteiger charge is -2.14. The van der Waals surface area contributed by atoms with Crippen LogP contribution in [0.4, 0.5) is 0 Å². The number of imide groups is 1. The number of hydrogen-bond donors (Lipinski definition) is 0. The maximum absolute atomic E-state index is 12.9. The van der Waals surface area contributed by atoms with Crippen LogP contribution in [0.3, 0.4) is 0 Å². The van der Waals surface area contributed by atoms with Crippen molar-refractivity contribution in [2.75, 3.05) is 0 Å². The summed E-state index contributed by atoms with van der Waals surface area (Å²) in [5.74, 6) is -0.609. The van der Waals surface area contributed by atoms with Gasteiger partial charge in [-0.15, -0.1) is 0 Å². The maximum atomic E-state index is 12.9. The third-order valence-corrected chi connectivity index (χ3v) is 4.65. The molecule has 24 heavy (non-hydrogen) atoms. The summed E-state index contributed by atoms with van der Waals surface area (Å²) >= 11 is 6.17. The van der Waals surface area contributed by atoms with Crippen LogP contribution < -0.4 is 0 Å². The van der Waals surface area contributed by atoms with Crippen molar-refractivity contribution in [1.82, 2.24) is 9.88 Å². The van der Waals surface area contributed by atoms with Gasteiger partial charge in [-0.3, -0.25) is 19.5 Å². The Balaban J connectivity index is 1.85. The molecule has 2 amide bonds. The third kappa shape index (κ3) is 2.11. The molecule has 2 aromatic carbocycles. The molecule has 0 N–H and O–H groups in total. The summed E-state index contributed by atoms with van der Waals surface area (Å²) in [6.45, 7) is 1.91. The molecule has 1 aliphatic rings. The first-order valence-corrected chi connectivity index (χ1v) is 7.94. The molecule has 0 fully saturated rings. The first-order chi connectivity index (χ1) is 11.6. The number of rotatable bonds is 2. The van der Waals surface area contributed by atoms with E-state index in [2.05, 4.69) is 4.98 Å². The summed E-state index contributed by atoms with van der Waals surface area (Å²) in [7, 11) is 0. The van der Waals surface area contributed by atoms with E-state index in [0.29, 0.717) is 27.2 Å². The lowest BCUT2D eigenvalue weighted by atomic mass is 10.0. The molecule has 4 nitrogen and oxygen atoms in total. The molecular formula is C19H13ClN2O2. The van der Waals surface area contributed by atoms with E-state index in [0.717, 1.165) is 11.1 Å². The van der Waals surface area contributed by atoms with Crippen molar-refractivity contribution in [3.8, 4) is 0 Å². The number of carbonyl (C=O) groups excluding carboxylic acids is 2. The molecular weight excluding hydrogens is 324 g/mol. The Morgan fingerprint density at radius 2 is 1.62 bits per heavy atom. The van der Waals surface area contributed by atoms with Crippen LogP contribution in [0.25, 0.3) is 10.9 Å². The summed E-state index contributed by atoms with van der Waals surface area (Å²) in [4.78, 5) is 31.4. The summed E-state index contributed by atoms with van der Waals surface area (Å²) in [6.07, 6.45) is 0. The van der Waals surface area contributed by atoms with Gasteiger partial charge in [0.1, 0.15) is 0 Å². The van der Waals surface area contributed by atoms with Crippen LogP contribution in [-0.2, 0) is 6.54 Å². The van der Waals surface area contributed by atoms with Gasteiger partial charge in [-0.25, -0.2) is 0 Å². The average molecular weight is 337 g/mol. The number of nitrogens with zero attached hydrogens (tertiary/aromatic N) is 2. The SMILES string of the molecule is Cc1nc2ccccc2c2c1C(=O)N(Cc1ccccc1Cl)C2=O. The number of para-hydroxylation sites is 1. The van der Waals surface area contributed by atoms with Gasteiger partial charge >= 0.3 is 0 Å². The molecule has 0 spiro atoms. The summed E-state index contributed by atoms with van der Waals surface area (Å²) in [6, 6.07) is 14.6. The zero-order valence-corrected chi connectivity index (χ0v) is 13.7. The van der Waals surface area contributed by atoms with Gasteiger partial charge in [-0.2, -0.15) is 0 Å². The Morgan fingerprint density at radius 1 is 0.958 bits per heavy atom. The Kier molecular flexibility index (Phi) is 3.36. The molecule has 3 aromatic rings. The van der Waals surface area contributed by atoms with Gasteiger partial charge in [0.15, 0.2) is 0 Å². The van der Waals surface area contributed by atoms with E-state index in [1.807, 2.05) is 42.5 Å². The fourth-order valence-corrected chi connectivity index (χ4v) is 3.32. The molecule has 2 heterocycles. The van der Waals surface area contributed by atoms with E-state index in [-0.39, 0.29) is 18.4 Å². The second-order valence-electron chi connectivity index (χ2n) is 5.75. The first-order valence-electron chi connectivity index (χ1n) is 7.57. The van der Waals surface area contributed by atoms with Crippen molar-refractivity contribution in [3.05, 3.63) is 75.9 Å². The fourth-order valence-electron chi connectivity index (χ4n) is 3.12. The molecule has 4 rings (SSSR count). The number of benzene rings is 2. The van der Waals surface area contributed by atoms with Gasteiger partial charge in [0.2, 0.25) is 0 Å². The molecule has 0 saturated heterocycles. The quantitative estimate of drug-likeness (QED) is 0.665. The standard InChI is InChI=1S/C19H13ClN2O2/c1-11-16-17(13-7-3-5-9-15(13)21-11)19(24)22(18(16)23)10-12-6-2-4-8-14(12)20/h2-9H,10H2,1H3. The van der Waals surface area contributed by atoms with Crippen molar-refractivity contribution in [2.24, 2.45) is 0 Å². The molecule has 118 valence electrons. The number of hydrogen-bond acceptors (Lipinski definition) is 3. The highest BCUT2D eigenvalue weighted by Crippen LogP contribution is 2.32. The summed E-state index contributed by atoms with van der Waals surface area (Å²) in [5.41, 5.74) is 2.86. The minimum atomic E-state index is -0.314. The van der Waals surface area contributed by atoms with Crippen LogP contribution in [0, 0.1) is 6.92 Å². The van der Waals surface area contributed by atoms with Crippen molar-refractivity contribution < 1.29 is 9.59 Å². The fraction of sp³-hybridized carbons (Fsp3) is 0.105. The third-order valence-electron chi connectivity index (χ3n) is 4.28. The second-order valence-corrected chi connectivity index (χ2v) is 6.16. The first kappa shape index (κ1) is 14.8. The molecule has 1 aromatic heterocycles. The van der Waals surface area contributed by atoms with Gasteiger partial charge in [-0.1, -0.05) is 48.0 Å². The Morgan fingerprint density at radius 3 is 2.42 bits per heavy atom. The van der Waals surface area contributed by atoms with Crippen molar-refractivity contribution in [2.45, 2.75) is 13.5 Å². The highest BCUT2D eigenvalue weighted by molar-refractivity contribution is 6.31. The van der Waals surface area contributed by atoms with Crippen LogP contribution in [0.5, 0.6) is 0 Å². The predicted molar refractivity (Wildman–Crippen MR) is 92.1 cm³/mol. The average Bonchev–Trinajstić information content (AvgIpc) is 2.83. The van der Waals surface area contributed by atoms with Crippen LogP contribution in [0.15, 0.2) is 48.5 Å². The minimum absolute atomic E-state index is 0.153. The van der Waals surface area contributed by atoms with Crippen molar-refractivity contribution >= 4 is 34.3 Å². The molecule has 0 radical (unpaired) electrons. The van der Waals surface area contributed by atoms with Crippen LogP contribution in [0.1, 0.15) is 32.0 Å². The molecule has 1 aliphatic heterocycles. The normalized spacial score (nSPS) is 13.7. The Bertz CT molecular complexity index is 1010. The zero-order valence-electron chi connectivity index (χ0n) is 12.9. The summed E-state index contributed by atoms with van der Waals surface area (Å²) in [5, 5.41) is 1.24. The highest BCUT2D eigenvalue weighted by atomic mass is 35.5. The van der Waals surface area contributed by atoms with E-state index in [4.69, 9.17) is 11.6 Å². The highest BCUT2D eigenvalue weighted by Gasteiger charge is 2.39. The van der Waals surface area contributed by atoms with Gasteiger partial charge < -0.3 is 0 Å². The van der Waals surface area contributed by atoms with Crippen LogP contribution in [0.2, 0.25) is 5.02 Å². The Labute approximate surface area is 143 Å².